The van der Waals surface area contributed by atoms with Gasteiger partial charge in [0, 0.05) is 12.1 Å². The number of halogens is 3. The van der Waals surface area contributed by atoms with Gasteiger partial charge in [0.05, 0.1) is 12.1 Å². The van der Waals surface area contributed by atoms with Crippen LogP contribution in [0.15, 0.2) is 17.0 Å². The molecule has 0 aromatic heterocycles. The molecule has 1 aliphatic rings. The van der Waals surface area contributed by atoms with Crippen molar-refractivity contribution in [2.45, 2.75) is 42.5 Å². The Morgan fingerprint density at radius 3 is 2.10 bits per heavy atom. The summed E-state index contributed by atoms with van der Waals surface area (Å²) in [6.07, 6.45) is 3.08. The summed E-state index contributed by atoms with van der Waals surface area (Å²) in [6, 6.07) is 0.619. The topological polar surface area (TPSA) is 66.4 Å². The largest absolute Gasteiger partial charge is 0.394 e. The summed E-state index contributed by atoms with van der Waals surface area (Å²) in [4.78, 5) is -1.22. The Morgan fingerprint density at radius 2 is 1.62 bits per heavy atom. The average molecular weight is 323 g/mol. The molecule has 1 aromatic rings. The first-order valence-corrected chi connectivity index (χ1v) is 8.07. The van der Waals surface area contributed by atoms with Crippen molar-refractivity contribution in [3.63, 3.8) is 0 Å². The van der Waals surface area contributed by atoms with E-state index in [9.17, 15) is 26.7 Å². The Kier molecular flexibility index (Phi) is 4.60. The van der Waals surface area contributed by atoms with Crippen LogP contribution in [-0.4, -0.2) is 25.7 Å². The molecule has 0 heterocycles. The van der Waals surface area contributed by atoms with Gasteiger partial charge in [-0.2, -0.15) is 0 Å². The van der Waals surface area contributed by atoms with Gasteiger partial charge in [-0.1, -0.05) is 19.3 Å². The molecular weight excluding hydrogens is 307 g/mol. The Balaban J connectivity index is 2.38. The van der Waals surface area contributed by atoms with Crippen LogP contribution in [-0.2, 0) is 10.0 Å². The molecule has 1 aromatic carbocycles. The van der Waals surface area contributed by atoms with Crippen molar-refractivity contribution in [3.05, 3.63) is 29.6 Å². The van der Waals surface area contributed by atoms with Gasteiger partial charge in [-0.3, -0.25) is 0 Å². The number of aliphatic hydroxyl groups excluding tert-OH is 1. The summed E-state index contributed by atoms with van der Waals surface area (Å²) in [5.41, 5.74) is -1.12. The number of hydrogen-bond acceptors (Lipinski definition) is 3. The van der Waals surface area contributed by atoms with Crippen molar-refractivity contribution in [2.75, 3.05) is 6.61 Å². The lowest BCUT2D eigenvalue weighted by Crippen LogP contribution is -2.52. The number of hydrogen-bond donors (Lipinski definition) is 2. The zero-order valence-electron chi connectivity index (χ0n) is 11.2. The molecule has 118 valence electrons. The van der Waals surface area contributed by atoms with Crippen LogP contribution in [0.3, 0.4) is 0 Å². The molecule has 2 rings (SSSR count). The second-order valence-electron chi connectivity index (χ2n) is 5.30. The lowest BCUT2D eigenvalue weighted by Gasteiger charge is -2.36. The normalized spacial score (nSPS) is 18.7. The van der Waals surface area contributed by atoms with Gasteiger partial charge in [-0.25, -0.2) is 26.3 Å². The Bertz CT molecular complexity index is 605. The molecule has 0 radical (unpaired) electrons. The molecule has 0 saturated heterocycles. The maximum absolute atomic E-state index is 13.6. The highest BCUT2D eigenvalue weighted by atomic mass is 32.2. The van der Waals surface area contributed by atoms with Crippen molar-refractivity contribution in [1.82, 2.24) is 4.72 Å². The monoisotopic (exact) mass is 323 g/mol. The van der Waals surface area contributed by atoms with E-state index in [1.807, 2.05) is 0 Å². The fourth-order valence-corrected chi connectivity index (χ4v) is 4.21. The minimum atomic E-state index is -4.54. The SMILES string of the molecule is O=S(=O)(NC1(CO)CCCCC1)c1c(F)cc(F)cc1F. The van der Waals surface area contributed by atoms with Crippen LogP contribution in [0.1, 0.15) is 32.1 Å². The zero-order valence-corrected chi connectivity index (χ0v) is 12.0. The highest BCUT2D eigenvalue weighted by molar-refractivity contribution is 7.89. The molecule has 0 aliphatic heterocycles. The van der Waals surface area contributed by atoms with E-state index in [2.05, 4.69) is 4.72 Å². The fourth-order valence-electron chi connectivity index (χ4n) is 2.64. The summed E-state index contributed by atoms with van der Waals surface area (Å²) in [7, 11) is -4.54. The quantitative estimate of drug-likeness (QED) is 0.891. The number of benzene rings is 1. The van der Waals surface area contributed by atoms with Crippen molar-refractivity contribution in [1.29, 1.82) is 0 Å². The summed E-state index contributed by atoms with van der Waals surface area (Å²) < 4.78 is 66.7. The minimum Gasteiger partial charge on any atom is -0.394 e. The third kappa shape index (κ3) is 3.38. The van der Waals surface area contributed by atoms with Crippen LogP contribution in [0.4, 0.5) is 13.2 Å². The maximum atomic E-state index is 13.6. The van der Waals surface area contributed by atoms with Crippen LogP contribution in [0, 0.1) is 17.5 Å². The van der Waals surface area contributed by atoms with Gasteiger partial charge < -0.3 is 5.11 Å². The van der Waals surface area contributed by atoms with E-state index in [1.165, 1.54) is 0 Å². The lowest BCUT2D eigenvalue weighted by atomic mass is 9.83. The molecule has 0 unspecified atom stereocenters. The number of aliphatic hydroxyl groups is 1. The van der Waals surface area contributed by atoms with Crippen LogP contribution in [0.2, 0.25) is 0 Å². The maximum Gasteiger partial charge on any atom is 0.247 e. The summed E-state index contributed by atoms with van der Waals surface area (Å²) in [6.45, 7) is -0.462. The predicted octanol–water partition coefficient (Wildman–Crippen LogP) is 2.08. The Labute approximate surface area is 121 Å². The molecular formula is C13H16F3NO3S. The van der Waals surface area contributed by atoms with E-state index in [4.69, 9.17) is 0 Å². The molecule has 1 saturated carbocycles. The molecule has 21 heavy (non-hydrogen) atoms. The first-order valence-electron chi connectivity index (χ1n) is 6.59. The van der Waals surface area contributed by atoms with Gasteiger partial charge in [0.2, 0.25) is 10.0 Å². The van der Waals surface area contributed by atoms with Gasteiger partial charge in [-0.05, 0) is 12.8 Å². The predicted molar refractivity (Wildman–Crippen MR) is 69.5 cm³/mol. The smallest absolute Gasteiger partial charge is 0.247 e. The van der Waals surface area contributed by atoms with E-state index in [1.54, 1.807) is 0 Å². The summed E-state index contributed by atoms with van der Waals surface area (Å²) >= 11 is 0. The van der Waals surface area contributed by atoms with E-state index >= 15 is 0 Å². The van der Waals surface area contributed by atoms with Gasteiger partial charge in [0.25, 0.3) is 0 Å². The Morgan fingerprint density at radius 1 is 1.10 bits per heavy atom. The summed E-state index contributed by atoms with van der Waals surface area (Å²) in [5.74, 6) is -4.19. The lowest BCUT2D eigenvalue weighted by molar-refractivity contribution is 0.142. The zero-order chi connectivity index (χ0) is 15.7. The molecule has 0 amide bonds. The molecule has 0 spiro atoms. The molecule has 2 N–H and O–H groups in total. The van der Waals surface area contributed by atoms with E-state index in [0.717, 1.165) is 6.42 Å². The second-order valence-corrected chi connectivity index (χ2v) is 6.92. The van der Waals surface area contributed by atoms with Gasteiger partial charge in [0.15, 0.2) is 4.90 Å². The average Bonchev–Trinajstić information content (AvgIpc) is 2.37. The first-order chi connectivity index (χ1) is 9.80. The highest BCUT2D eigenvalue weighted by Crippen LogP contribution is 2.30. The molecule has 1 aliphatic carbocycles. The van der Waals surface area contributed by atoms with Gasteiger partial charge in [0.1, 0.15) is 17.5 Å². The van der Waals surface area contributed by atoms with Gasteiger partial charge in [-0.15, -0.1) is 0 Å². The van der Waals surface area contributed by atoms with Crippen LogP contribution >= 0.6 is 0 Å². The number of sulfonamides is 1. The number of rotatable bonds is 4. The standard InChI is InChI=1S/C13H16F3NO3S/c14-9-6-10(15)12(11(16)7-9)21(19,20)17-13(8-18)4-2-1-3-5-13/h6-7,17-18H,1-5,8H2. The van der Waals surface area contributed by atoms with Crippen LogP contribution in [0.5, 0.6) is 0 Å². The van der Waals surface area contributed by atoms with Crippen molar-refractivity contribution >= 4 is 10.0 Å². The minimum absolute atomic E-state index is 0.310. The summed E-state index contributed by atoms with van der Waals surface area (Å²) in [5, 5.41) is 9.46. The van der Waals surface area contributed by atoms with Gasteiger partial charge >= 0.3 is 0 Å². The highest BCUT2D eigenvalue weighted by Gasteiger charge is 2.38. The van der Waals surface area contributed by atoms with Crippen molar-refractivity contribution in [3.8, 4) is 0 Å². The van der Waals surface area contributed by atoms with E-state index in [-0.39, 0.29) is 0 Å². The molecule has 1 fully saturated rings. The van der Waals surface area contributed by atoms with E-state index in [0.29, 0.717) is 37.8 Å². The van der Waals surface area contributed by atoms with E-state index < -0.39 is 44.5 Å². The van der Waals surface area contributed by atoms with Crippen molar-refractivity contribution < 1.29 is 26.7 Å². The first kappa shape index (κ1) is 16.3. The fraction of sp³-hybridized carbons (Fsp3) is 0.538. The molecule has 8 heteroatoms. The molecule has 0 atom stereocenters. The second kappa shape index (κ2) is 5.94. The Hall–Kier alpha value is -1.12. The number of nitrogens with one attached hydrogen (secondary N) is 1. The van der Waals surface area contributed by atoms with Crippen LogP contribution in [0.25, 0.3) is 0 Å². The van der Waals surface area contributed by atoms with Crippen molar-refractivity contribution in [2.24, 2.45) is 0 Å². The third-order valence-electron chi connectivity index (χ3n) is 3.70. The van der Waals surface area contributed by atoms with Crippen LogP contribution < -0.4 is 4.72 Å². The molecule has 0 bridgehead atoms. The molecule has 4 nitrogen and oxygen atoms in total. The third-order valence-corrected chi connectivity index (χ3v) is 5.33.